The highest BCUT2D eigenvalue weighted by Crippen LogP contribution is 2.42. The minimum Gasteiger partial charge on any atom is -0.497 e. The van der Waals surface area contributed by atoms with Crippen molar-refractivity contribution >= 4 is 38.6 Å². The van der Waals surface area contributed by atoms with E-state index >= 15 is 0 Å². The fourth-order valence-electron chi connectivity index (χ4n) is 3.40. The first-order valence-corrected chi connectivity index (χ1v) is 11.6. The Hall–Kier alpha value is -3.15. The number of para-hydroxylation sites is 1. The third-order valence-corrected chi connectivity index (χ3v) is 5.86. The lowest BCUT2D eigenvalue weighted by Crippen LogP contribution is -2.27. The molecule has 0 atom stereocenters. The van der Waals surface area contributed by atoms with Crippen LogP contribution in [0.25, 0.3) is 5.57 Å². The molecule has 4 rings (SSSR count). The summed E-state index contributed by atoms with van der Waals surface area (Å²) in [6.45, 7) is 0. The number of hydrogen-bond acceptors (Lipinski definition) is 6. The molecule has 0 amide bonds. The molecule has 180 valence electrons. The summed E-state index contributed by atoms with van der Waals surface area (Å²) in [5.41, 5.74) is 0.0751. The van der Waals surface area contributed by atoms with Crippen LogP contribution in [0.4, 0.5) is 18.9 Å². The molecule has 0 spiro atoms. The monoisotopic (exact) mass is 511 g/mol. The molecule has 0 unspecified atom stereocenters. The lowest BCUT2D eigenvalue weighted by molar-refractivity contribution is -0.0510. The predicted molar refractivity (Wildman–Crippen MR) is 127 cm³/mol. The third-order valence-electron chi connectivity index (χ3n) is 4.99. The van der Waals surface area contributed by atoms with E-state index in [0.29, 0.717) is 10.8 Å². The van der Waals surface area contributed by atoms with E-state index in [1.165, 1.54) is 11.3 Å². The first-order chi connectivity index (χ1) is 15.9. The minimum atomic E-state index is -5.84. The molecule has 0 saturated heterocycles. The van der Waals surface area contributed by atoms with Crippen molar-refractivity contribution in [1.29, 1.82) is 0 Å². The van der Waals surface area contributed by atoms with Gasteiger partial charge in [-0.25, -0.2) is 0 Å². The van der Waals surface area contributed by atoms with Crippen molar-refractivity contribution in [2.75, 3.05) is 19.1 Å². The number of fused-ring (bicyclic) bond motifs is 2. The molecule has 1 heterocycles. The Labute approximate surface area is 200 Å². The van der Waals surface area contributed by atoms with Crippen LogP contribution in [-0.2, 0) is 10.1 Å². The van der Waals surface area contributed by atoms with Crippen LogP contribution >= 0.6 is 12.2 Å². The third kappa shape index (κ3) is 5.49. The fraction of sp³-hybridized carbons (Fsp3) is 0.174. The summed E-state index contributed by atoms with van der Waals surface area (Å²) in [4.78, 5) is 2.22. The van der Waals surface area contributed by atoms with Gasteiger partial charge in [0.1, 0.15) is 11.5 Å². The smallest absolute Gasteiger partial charge is 0.497 e. The van der Waals surface area contributed by atoms with Gasteiger partial charge in [-0.3, -0.25) is 4.55 Å². The van der Waals surface area contributed by atoms with Gasteiger partial charge in [-0.2, -0.15) is 21.6 Å². The highest BCUT2D eigenvalue weighted by Gasteiger charge is 2.44. The lowest BCUT2D eigenvalue weighted by atomic mass is 9.88. The van der Waals surface area contributed by atoms with Crippen molar-refractivity contribution in [3.8, 4) is 11.5 Å². The Morgan fingerprint density at radius 1 is 1.09 bits per heavy atom. The van der Waals surface area contributed by atoms with E-state index in [9.17, 15) is 13.2 Å². The topological polar surface area (TPSA) is 76.1 Å². The van der Waals surface area contributed by atoms with Crippen molar-refractivity contribution < 1.29 is 35.6 Å². The molecule has 6 nitrogen and oxygen atoms in total. The molecule has 34 heavy (non-hydrogen) atoms. The zero-order chi connectivity index (χ0) is 25.1. The highest BCUT2D eigenvalue weighted by molar-refractivity contribution is 7.86. The summed E-state index contributed by atoms with van der Waals surface area (Å²) in [7, 11) is -2.10. The van der Waals surface area contributed by atoms with E-state index < -0.39 is 15.6 Å². The van der Waals surface area contributed by atoms with Crippen molar-refractivity contribution in [3.63, 3.8) is 0 Å². The fourth-order valence-corrected chi connectivity index (χ4v) is 3.73. The van der Waals surface area contributed by atoms with Gasteiger partial charge < -0.3 is 14.4 Å². The summed E-state index contributed by atoms with van der Waals surface area (Å²) in [5, 5.41) is 0.493. The number of nitrogens with zero attached hydrogens (tertiary/aromatic N) is 1. The molecule has 0 aromatic heterocycles. The molecule has 1 aliphatic carbocycles. The van der Waals surface area contributed by atoms with Crippen LogP contribution in [-0.4, -0.2) is 37.7 Å². The number of thiocarbonyl (C=S) groups is 1. The van der Waals surface area contributed by atoms with Crippen molar-refractivity contribution in [1.82, 2.24) is 0 Å². The normalized spacial score (nSPS) is 14.9. The van der Waals surface area contributed by atoms with Crippen LogP contribution < -0.4 is 14.4 Å². The maximum atomic E-state index is 10.7. The SMILES string of the molecule is COc1ccc(OC(=S)C2=C3CC=CC=C3N(C)c3ccccc32)cc1.O=S(=O)(O)C(F)(F)F. The Kier molecular flexibility index (Phi) is 7.49. The number of ether oxygens (including phenoxy) is 2. The number of hydrogen-bond donors (Lipinski definition) is 1. The average molecular weight is 512 g/mol. The molecule has 0 bridgehead atoms. The van der Waals surface area contributed by atoms with E-state index in [-0.39, 0.29) is 0 Å². The Balaban J connectivity index is 0.000000350. The number of allylic oxidation sites excluding steroid dienone is 4. The number of likely N-dealkylation sites (N-methyl/N-ethyl adjacent to an activating group) is 1. The first kappa shape index (κ1) is 25.5. The summed E-state index contributed by atoms with van der Waals surface area (Å²) in [6.07, 6.45) is 7.21. The number of benzene rings is 2. The Morgan fingerprint density at radius 2 is 1.68 bits per heavy atom. The standard InChI is InChI=1S/C22H19NO2S.CHF3O3S/c1-23-19-9-5-3-7-17(19)21(18-8-4-6-10-20(18)23)22(26)25-16-13-11-15(24-2)12-14-16;2-1(3,4)8(5,6)7/h3-7,9-14H,8H2,1-2H3;(H,5,6,7). The van der Waals surface area contributed by atoms with Crippen LogP contribution in [0.2, 0.25) is 0 Å². The van der Waals surface area contributed by atoms with Crippen LogP contribution in [0.1, 0.15) is 12.0 Å². The van der Waals surface area contributed by atoms with E-state index in [0.717, 1.165) is 29.0 Å². The maximum absolute atomic E-state index is 10.7. The molecular formula is C23H20F3NO5S2. The molecule has 0 radical (unpaired) electrons. The second-order valence-electron chi connectivity index (χ2n) is 7.10. The van der Waals surface area contributed by atoms with Gasteiger partial charge in [0.05, 0.1) is 7.11 Å². The Bertz CT molecular complexity index is 1280. The van der Waals surface area contributed by atoms with Gasteiger partial charge in [0, 0.05) is 29.6 Å². The molecule has 2 aliphatic rings. The summed E-state index contributed by atoms with van der Waals surface area (Å²) < 4.78 is 68.8. The summed E-state index contributed by atoms with van der Waals surface area (Å²) in [5.74, 6) is 1.50. The second-order valence-corrected chi connectivity index (χ2v) is 8.88. The first-order valence-electron chi connectivity index (χ1n) is 9.77. The van der Waals surface area contributed by atoms with Crippen molar-refractivity contribution in [2.45, 2.75) is 11.9 Å². The van der Waals surface area contributed by atoms with Gasteiger partial charge in [0.25, 0.3) is 0 Å². The number of rotatable bonds is 3. The molecular weight excluding hydrogens is 491 g/mol. The van der Waals surface area contributed by atoms with Crippen LogP contribution in [0.3, 0.4) is 0 Å². The molecule has 2 aromatic carbocycles. The maximum Gasteiger partial charge on any atom is 0.522 e. The largest absolute Gasteiger partial charge is 0.522 e. The highest BCUT2D eigenvalue weighted by atomic mass is 32.2. The quantitative estimate of drug-likeness (QED) is 0.329. The van der Waals surface area contributed by atoms with Gasteiger partial charge in [-0.05, 0) is 60.6 Å². The summed E-state index contributed by atoms with van der Waals surface area (Å²) >= 11 is 5.72. The second kappa shape index (κ2) is 10.00. The number of alkyl halides is 3. The van der Waals surface area contributed by atoms with Gasteiger partial charge in [-0.1, -0.05) is 30.4 Å². The average Bonchev–Trinajstić information content (AvgIpc) is 2.79. The van der Waals surface area contributed by atoms with Gasteiger partial charge in [-0.15, -0.1) is 0 Å². The van der Waals surface area contributed by atoms with Crippen molar-refractivity contribution in [3.05, 3.63) is 83.6 Å². The van der Waals surface area contributed by atoms with E-state index in [4.69, 9.17) is 34.7 Å². The zero-order valence-corrected chi connectivity index (χ0v) is 19.7. The van der Waals surface area contributed by atoms with Gasteiger partial charge in [0.2, 0.25) is 0 Å². The number of methoxy groups -OCH3 is 1. The predicted octanol–water partition coefficient (Wildman–Crippen LogP) is 5.54. The van der Waals surface area contributed by atoms with Crippen LogP contribution in [0.15, 0.2) is 78.0 Å². The van der Waals surface area contributed by atoms with Gasteiger partial charge >= 0.3 is 15.6 Å². The summed E-state index contributed by atoms with van der Waals surface area (Å²) in [6, 6.07) is 15.8. The zero-order valence-electron chi connectivity index (χ0n) is 18.0. The van der Waals surface area contributed by atoms with Gasteiger partial charge in [0.15, 0.2) is 5.05 Å². The molecule has 0 fully saturated rings. The molecule has 1 aliphatic heterocycles. The molecule has 1 N–H and O–H groups in total. The van der Waals surface area contributed by atoms with Crippen LogP contribution in [0.5, 0.6) is 11.5 Å². The van der Waals surface area contributed by atoms with Crippen LogP contribution in [0, 0.1) is 0 Å². The molecule has 0 saturated carbocycles. The Morgan fingerprint density at radius 3 is 2.26 bits per heavy atom. The van der Waals surface area contributed by atoms with E-state index in [2.05, 4.69) is 42.3 Å². The van der Waals surface area contributed by atoms with E-state index in [1.807, 2.05) is 36.4 Å². The van der Waals surface area contributed by atoms with Crippen molar-refractivity contribution in [2.24, 2.45) is 0 Å². The number of halogens is 3. The lowest BCUT2D eigenvalue weighted by Gasteiger charge is -2.35. The molecule has 2 aromatic rings. The van der Waals surface area contributed by atoms with E-state index in [1.54, 1.807) is 7.11 Å². The number of anilines is 1. The minimum absolute atomic E-state index is 0.493. The molecule has 11 heteroatoms.